The first-order valence-corrected chi connectivity index (χ1v) is 7.88. The Morgan fingerprint density at radius 3 is 2.75 bits per heavy atom. The number of nitrogens with one attached hydrogen (secondary N) is 1. The molecule has 0 spiro atoms. The van der Waals surface area contributed by atoms with Crippen LogP contribution in [0.15, 0.2) is 24.3 Å². The highest BCUT2D eigenvalue weighted by Gasteiger charge is 2.15. The maximum absolute atomic E-state index is 5.87. The van der Waals surface area contributed by atoms with E-state index in [1.807, 2.05) is 19.1 Å². The zero-order chi connectivity index (χ0) is 14.2. The third-order valence-corrected chi connectivity index (χ3v) is 3.89. The molecule has 1 aliphatic rings. The van der Waals surface area contributed by atoms with Gasteiger partial charge in [-0.25, -0.2) is 0 Å². The van der Waals surface area contributed by atoms with E-state index in [9.17, 15) is 0 Å². The van der Waals surface area contributed by atoms with E-state index in [1.165, 1.54) is 31.2 Å². The molecule has 1 saturated carbocycles. The molecule has 1 aliphatic carbocycles. The Balaban J connectivity index is 1.74. The molecule has 1 aromatic rings. The van der Waals surface area contributed by atoms with Gasteiger partial charge in [-0.2, -0.15) is 0 Å². The quantitative estimate of drug-likeness (QED) is 0.735. The van der Waals surface area contributed by atoms with Gasteiger partial charge in [-0.15, -0.1) is 0 Å². The zero-order valence-electron chi connectivity index (χ0n) is 12.7. The van der Waals surface area contributed by atoms with E-state index >= 15 is 0 Å². The lowest BCUT2D eigenvalue weighted by atomic mass is 10.1. The molecule has 0 heterocycles. The molecule has 20 heavy (non-hydrogen) atoms. The average molecular weight is 277 g/mol. The van der Waals surface area contributed by atoms with Crippen molar-refractivity contribution in [2.45, 2.75) is 51.7 Å². The van der Waals surface area contributed by atoms with Gasteiger partial charge in [-0.05, 0) is 32.8 Å². The zero-order valence-corrected chi connectivity index (χ0v) is 12.7. The third kappa shape index (κ3) is 4.50. The van der Waals surface area contributed by atoms with E-state index in [1.54, 1.807) is 0 Å². The minimum absolute atomic E-state index is 0.282. The van der Waals surface area contributed by atoms with Gasteiger partial charge in [0, 0.05) is 18.2 Å². The molecule has 0 aromatic heterocycles. The fraction of sp³-hybridized carbons (Fsp3) is 0.647. The van der Waals surface area contributed by atoms with Crippen LogP contribution in [0.1, 0.15) is 51.1 Å². The Labute approximate surface area is 122 Å². The Morgan fingerprint density at radius 2 is 2.00 bits per heavy atom. The van der Waals surface area contributed by atoms with Gasteiger partial charge >= 0.3 is 0 Å². The summed E-state index contributed by atoms with van der Waals surface area (Å²) in [5, 5.41) is 3.52. The Morgan fingerprint density at radius 1 is 1.25 bits per heavy atom. The number of hydrogen-bond donors (Lipinski definition) is 1. The van der Waals surface area contributed by atoms with Crippen molar-refractivity contribution in [2.75, 3.05) is 19.8 Å². The largest absolute Gasteiger partial charge is 0.494 e. The molecule has 0 amide bonds. The van der Waals surface area contributed by atoms with E-state index in [4.69, 9.17) is 9.47 Å². The maximum atomic E-state index is 5.87. The molecule has 112 valence electrons. The van der Waals surface area contributed by atoms with Crippen molar-refractivity contribution >= 4 is 0 Å². The molecule has 1 fully saturated rings. The van der Waals surface area contributed by atoms with Crippen molar-refractivity contribution in [3.63, 3.8) is 0 Å². The van der Waals surface area contributed by atoms with Crippen LogP contribution in [0.3, 0.4) is 0 Å². The predicted molar refractivity (Wildman–Crippen MR) is 82.2 cm³/mol. The fourth-order valence-electron chi connectivity index (χ4n) is 2.79. The molecular formula is C17H27NO2. The first kappa shape index (κ1) is 15.3. The van der Waals surface area contributed by atoms with Crippen molar-refractivity contribution < 1.29 is 9.47 Å². The lowest BCUT2D eigenvalue weighted by Gasteiger charge is -2.18. The highest BCUT2D eigenvalue weighted by atomic mass is 16.5. The van der Waals surface area contributed by atoms with Crippen LogP contribution in [-0.4, -0.2) is 25.9 Å². The summed E-state index contributed by atoms with van der Waals surface area (Å²) in [6, 6.07) is 8.52. The fourth-order valence-corrected chi connectivity index (χ4v) is 2.79. The summed E-state index contributed by atoms with van der Waals surface area (Å²) in [6.07, 6.45) is 5.64. The van der Waals surface area contributed by atoms with Crippen LogP contribution in [-0.2, 0) is 4.74 Å². The van der Waals surface area contributed by atoms with Gasteiger partial charge in [0.15, 0.2) is 0 Å². The van der Waals surface area contributed by atoms with Crippen molar-refractivity contribution in [3.8, 4) is 5.75 Å². The number of rotatable bonds is 8. The van der Waals surface area contributed by atoms with Gasteiger partial charge in [-0.1, -0.05) is 31.0 Å². The lowest BCUT2D eigenvalue weighted by molar-refractivity contribution is 0.0593. The normalized spacial score (nSPS) is 17.3. The van der Waals surface area contributed by atoms with Gasteiger partial charge in [-0.3, -0.25) is 0 Å². The lowest BCUT2D eigenvalue weighted by Crippen LogP contribution is -2.25. The molecule has 0 saturated heterocycles. The van der Waals surface area contributed by atoms with Crippen LogP contribution in [0, 0.1) is 0 Å². The topological polar surface area (TPSA) is 30.5 Å². The number of ether oxygens (including phenoxy) is 2. The second kappa shape index (κ2) is 8.28. The second-order valence-corrected chi connectivity index (χ2v) is 5.42. The standard InChI is InChI=1S/C17H27NO2/c1-3-19-17-11-7-6-10-16(17)14(2)18-12-13-20-15-8-4-5-9-15/h6-7,10-11,14-15,18H,3-5,8-9,12-13H2,1-2H3. The number of hydrogen-bond acceptors (Lipinski definition) is 3. The highest BCUT2D eigenvalue weighted by molar-refractivity contribution is 5.35. The molecule has 3 heteroatoms. The van der Waals surface area contributed by atoms with Crippen molar-refractivity contribution in [2.24, 2.45) is 0 Å². The summed E-state index contributed by atoms with van der Waals surface area (Å²) in [4.78, 5) is 0. The van der Waals surface area contributed by atoms with Gasteiger partial charge in [0.2, 0.25) is 0 Å². The molecule has 2 rings (SSSR count). The van der Waals surface area contributed by atoms with Gasteiger partial charge in [0.05, 0.1) is 19.3 Å². The Hall–Kier alpha value is -1.06. The Kier molecular flexibility index (Phi) is 6.34. The van der Waals surface area contributed by atoms with Crippen LogP contribution in [0.4, 0.5) is 0 Å². The van der Waals surface area contributed by atoms with Crippen LogP contribution < -0.4 is 10.1 Å². The molecule has 0 bridgehead atoms. The SMILES string of the molecule is CCOc1ccccc1C(C)NCCOC1CCCC1. The molecular weight excluding hydrogens is 250 g/mol. The van der Waals surface area contributed by atoms with Gasteiger partial charge in [0.25, 0.3) is 0 Å². The summed E-state index contributed by atoms with van der Waals surface area (Å²) in [5.41, 5.74) is 1.22. The third-order valence-electron chi connectivity index (χ3n) is 3.89. The van der Waals surface area contributed by atoms with Gasteiger partial charge in [0.1, 0.15) is 5.75 Å². The average Bonchev–Trinajstić information content (AvgIpc) is 2.97. The van der Waals surface area contributed by atoms with E-state index in [-0.39, 0.29) is 6.04 Å². The maximum Gasteiger partial charge on any atom is 0.124 e. The molecule has 1 aromatic carbocycles. The van der Waals surface area contributed by atoms with E-state index in [0.717, 1.165) is 18.9 Å². The highest BCUT2D eigenvalue weighted by Crippen LogP contribution is 2.24. The smallest absolute Gasteiger partial charge is 0.124 e. The molecule has 0 aliphatic heterocycles. The second-order valence-electron chi connectivity index (χ2n) is 5.42. The van der Waals surface area contributed by atoms with E-state index in [0.29, 0.717) is 12.7 Å². The number of benzene rings is 1. The van der Waals surface area contributed by atoms with Crippen molar-refractivity contribution in [3.05, 3.63) is 29.8 Å². The molecule has 3 nitrogen and oxygen atoms in total. The Bertz CT molecular complexity index is 388. The molecule has 0 radical (unpaired) electrons. The van der Waals surface area contributed by atoms with Crippen LogP contribution in [0.2, 0.25) is 0 Å². The minimum atomic E-state index is 0.282. The predicted octanol–water partition coefficient (Wildman–Crippen LogP) is 3.70. The summed E-state index contributed by atoms with van der Waals surface area (Å²) in [6.45, 7) is 6.58. The van der Waals surface area contributed by atoms with E-state index in [2.05, 4.69) is 24.4 Å². The van der Waals surface area contributed by atoms with Crippen LogP contribution >= 0.6 is 0 Å². The van der Waals surface area contributed by atoms with Crippen LogP contribution in [0.25, 0.3) is 0 Å². The van der Waals surface area contributed by atoms with E-state index < -0.39 is 0 Å². The van der Waals surface area contributed by atoms with Crippen molar-refractivity contribution in [1.29, 1.82) is 0 Å². The summed E-state index contributed by atoms with van der Waals surface area (Å²) >= 11 is 0. The number of para-hydroxylation sites is 1. The molecule has 1 unspecified atom stereocenters. The summed E-state index contributed by atoms with van der Waals surface area (Å²) < 4.78 is 11.5. The first-order valence-electron chi connectivity index (χ1n) is 7.88. The molecule has 1 N–H and O–H groups in total. The monoisotopic (exact) mass is 277 g/mol. The van der Waals surface area contributed by atoms with Crippen LogP contribution in [0.5, 0.6) is 5.75 Å². The summed E-state index contributed by atoms with van der Waals surface area (Å²) in [5.74, 6) is 0.978. The van der Waals surface area contributed by atoms with Gasteiger partial charge < -0.3 is 14.8 Å². The summed E-state index contributed by atoms with van der Waals surface area (Å²) in [7, 11) is 0. The first-order chi connectivity index (χ1) is 9.81. The molecule has 1 atom stereocenters. The van der Waals surface area contributed by atoms with Crippen molar-refractivity contribution in [1.82, 2.24) is 5.32 Å². The minimum Gasteiger partial charge on any atom is -0.494 e.